The number of benzene rings is 2. The summed E-state index contributed by atoms with van der Waals surface area (Å²) in [6.45, 7) is 3.98. The fraction of sp³-hybridized carbons (Fsp3) is 0.381. The first-order valence-corrected chi connectivity index (χ1v) is 12.1. The van der Waals surface area contributed by atoms with E-state index in [0.29, 0.717) is 6.07 Å². The van der Waals surface area contributed by atoms with Gasteiger partial charge >= 0.3 is 13.8 Å². The third kappa shape index (κ3) is 6.20. The van der Waals surface area contributed by atoms with Crippen molar-refractivity contribution in [1.29, 1.82) is 0 Å². The van der Waals surface area contributed by atoms with E-state index in [1.807, 2.05) is 0 Å². The van der Waals surface area contributed by atoms with Gasteiger partial charge in [0.15, 0.2) is 0 Å². The molecule has 9 nitrogen and oxygen atoms in total. The first-order valence-electron chi connectivity index (χ1n) is 10.2. The van der Waals surface area contributed by atoms with Crippen molar-refractivity contribution in [2.45, 2.75) is 50.8 Å². The summed E-state index contributed by atoms with van der Waals surface area (Å²) in [6, 6.07) is 5.21. The fourth-order valence-electron chi connectivity index (χ4n) is 2.94. The maximum Gasteiger partial charge on any atom is 0.416 e. The van der Waals surface area contributed by atoms with Crippen molar-refractivity contribution in [2.24, 2.45) is 5.73 Å². The molecule has 3 N–H and O–H groups in total. The third-order valence-electron chi connectivity index (χ3n) is 5.27. The lowest BCUT2D eigenvalue weighted by Gasteiger charge is -2.33. The zero-order valence-corrected chi connectivity index (χ0v) is 20.4. The van der Waals surface area contributed by atoms with Gasteiger partial charge in [0.05, 0.1) is 16.7 Å². The van der Waals surface area contributed by atoms with Gasteiger partial charge < -0.3 is 19.9 Å². The fourth-order valence-corrected chi connectivity index (χ4v) is 4.92. The predicted molar refractivity (Wildman–Crippen MR) is 121 cm³/mol. The van der Waals surface area contributed by atoms with E-state index >= 15 is 0 Å². The Hall–Kier alpha value is -2.50. The molecule has 0 bridgehead atoms. The molecule has 0 fully saturated rings. The smallest absolute Gasteiger partial charge is 0.416 e. The third-order valence-corrected chi connectivity index (χ3v) is 7.72. The molecule has 0 radical (unpaired) electrons. The Labute approximate surface area is 203 Å². The molecule has 0 aliphatic carbocycles. The van der Waals surface area contributed by atoms with Gasteiger partial charge in [0, 0.05) is 17.4 Å². The number of carbonyl (C=O) groups is 1. The van der Waals surface area contributed by atoms with Gasteiger partial charge in [0.25, 0.3) is 0 Å². The zero-order chi connectivity index (χ0) is 26.8. The highest BCUT2D eigenvalue weighted by atomic mass is 35.5. The van der Waals surface area contributed by atoms with E-state index < -0.39 is 47.5 Å². The molecule has 0 aromatic heterocycles. The van der Waals surface area contributed by atoms with Crippen molar-refractivity contribution >= 4 is 25.0 Å². The van der Waals surface area contributed by atoms with E-state index in [0.717, 1.165) is 25.1 Å². The number of hydrogen-bond donors (Lipinski definition) is 2. The second-order valence-electron chi connectivity index (χ2n) is 7.73. The molecule has 4 unspecified atom stereocenters. The topological polar surface area (TPSA) is 142 Å². The van der Waals surface area contributed by atoms with Crippen LogP contribution < -0.4 is 10.5 Å². The van der Waals surface area contributed by atoms with Gasteiger partial charge in [-0.3, -0.25) is 19.5 Å². The minimum Gasteiger partial charge on any atom is -0.456 e. The Balaban J connectivity index is 2.47. The molecular weight excluding hydrogens is 516 g/mol. The molecule has 0 aliphatic heterocycles. The summed E-state index contributed by atoms with van der Waals surface area (Å²) in [5.41, 5.74) is 4.66. The average molecular weight is 539 g/mol. The number of nitrogens with zero attached hydrogens (tertiary/aromatic N) is 1. The van der Waals surface area contributed by atoms with Crippen molar-refractivity contribution in [3.8, 4) is 11.5 Å². The summed E-state index contributed by atoms with van der Waals surface area (Å²) in [7, 11) is -5.11. The van der Waals surface area contributed by atoms with E-state index in [-0.39, 0.29) is 28.5 Å². The van der Waals surface area contributed by atoms with Gasteiger partial charge in [-0.2, -0.15) is 13.2 Å². The van der Waals surface area contributed by atoms with Crippen LogP contribution in [0.2, 0.25) is 5.02 Å². The molecule has 0 saturated heterocycles. The van der Waals surface area contributed by atoms with Crippen LogP contribution in [0, 0.1) is 10.1 Å². The van der Waals surface area contributed by atoms with Crippen LogP contribution in [0.4, 0.5) is 13.2 Å². The quantitative estimate of drug-likeness (QED) is 0.171. The van der Waals surface area contributed by atoms with Gasteiger partial charge in [-0.1, -0.05) is 30.7 Å². The first kappa shape index (κ1) is 28.7. The normalized spacial score (nSPS) is 17.1. The Bertz CT molecular complexity index is 1160. The summed E-state index contributed by atoms with van der Waals surface area (Å²) in [5.74, 6) is -1.53. The molecule has 2 rings (SSSR count). The summed E-state index contributed by atoms with van der Waals surface area (Å²) in [4.78, 5) is 34.4. The number of alkyl halides is 3. The zero-order valence-electron chi connectivity index (χ0n) is 18.8. The van der Waals surface area contributed by atoms with Gasteiger partial charge in [0.1, 0.15) is 11.5 Å². The number of halogens is 4. The van der Waals surface area contributed by atoms with Crippen LogP contribution in [0.15, 0.2) is 42.5 Å². The van der Waals surface area contributed by atoms with Gasteiger partial charge in [-0.15, -0.1) is 0 Å². The number of Topliss-reactive ketones (excluding diaryl/α,β-unsaturated/α-hetero) is 1. The van der Waals surface area contributed by atoms with Crippen molar-refractivity contribution in [3.63, 3.8) is 0 Å². The molecule has 4 atom stereocenters. The average Bonchev–Trinajstić information content (AvgIpc) is 2.77. The number of rotatable bonds is 10. The van der Waals surface area contributed by atoms with Crippen molar-refractivity contribution < 1.29 is 41.6 Å². The van der Waals surface area contributed by atoms with E-state index in [1.54, 1.807) is 6.92 Å². The lowest BCUT2D eigenvalue weighted by molar-refractivity contribution is -0.521. The Morgan fingerprint density at radius 3 is 2.40 bits per heavy atom. The molecule has 0 aliphatic rings. The van der Waals surface area contributed by atoms with Crippen LogP contribution >= 0.6 is 19.2 Å². The lowest BCUT2D eigenvalue weighted by Crippen LogP contribution is -2.59. The largest absolute Gasteiger partial charge is 0.456 e. The van der Waals surface area contributed by atoms with Crippen LogP contribution in [0.1, 0.15) is 43.1 Å². The van der Waals surface area contributed by atoms with Crippen LogP contribution in [0.5, 0.6) is 11.5 Å². The highest BCUT2D eigenvalue weighted by molar-refractivity contribution is 7.56. The maximum absolute atomic E-state index is 13.3. The number of ether oxygens (including phenoxy) is 1. The Kier molecular flexibility index (Phi) is 8.73. The molecule has 0 heterocycles. The number of ketones is 1. The van der Waals surface area contributed by atoms with Crippen molar-refractivity contribution in [2.75, 3.05) is 0 Å². The Morgan fingerprint density at radius 1 is 1.26 bits per heavy atom. The number of nitrogens with two attached hydrogens (primary N) is 1. The maximum atomic E-state index is 13.3. The molecule has 192 valence electrons. The van der Waals surface area contributed by atoms with Crippen molar-refractivity contribution in [3.05, 3.63) is 68.7 Å². The van der Waals surface area contributed by atoms with Crippen molar-refractivity contribution in [1.82, 2.24) is 0 Å². The molecule has 0 saturated carbocycles. The second-order valence-corrected chi connectivity index (χ2v) is 10.1. The molecular formula is C21H23ClF3N2O7P. The number of carbonyl (C=O) groups excluding carboxylic acids is 1. The predicted octanol–water partition coefficient (Wildman–Crippen LogP) is 5.65. The SMILES string of the molecule is CCC(C)OP(=O)(O)C(N)(C(=O)c1cccc(Oc2ccc(C(F)(F)F)cc2Cl)c1)C(C)[N+](=O)[O-]. The van der Waals surface area contributed by atoms with Gasteiger partial charge in [-0.05, 0) is 43.7 Å². The standard InChI is InChI=1S/C21H23ClF3N2O7P/c1-4-12(2)34-35(31,32)20(26,13(3)27(29)30)19(28)14-6-5-7-16(10-14)33-18-9-8-15(11-17(18)22)21(23,24)25/h5-13H,4,26H2,1-3H3,(H,31,32). The highest BCUT2D eigenvalue weighted by Crippen LogP contribution is 2.57. The summed E-state index contributed by atoms with van der Waals surface area (Å²) < 4.78 is 62.1. The lowest BCUT2D eigenvalue weighted by atomic mass is 9.99. The van der Waals surface area contributed by atoms with E-state index in [1.165, 1.54) is 25.1 Å². The summed E-state index contributed by atoms with van der Waals surface area (Å²) in [5, 5.41) is 8.17. The summed E-state index contributed by atoms with van der Waals surface area (Å²) in [6.07, 6.45) is -5.20. The van der Waals surface area contributed by atoms with Crippen LogP contribution in [-0.2, 0) is 15.3 Å². The monoisotopic (exact) mass is 538 g/mol. The minimum absolute atomic E-state index is 0.0933. The first-order chi connectivity index (χ1) is 16.0. The van der Waals surface area contributed by atoms with E-state index in [2.05, 4.69) is 0 Å². The van der Waals surface area contributed by atoms with Gasteiger partial charge in [0.2, 0.25) is 17.1 Å². The minimum atomic E-state index is -5.11. The summed E-state index contributed by atoms with van der Waals surface area (Å²) >= 11 is 5.89. The van der Waals surface area contributed by atoms with Crippen LogP contribution in [0.25, 0.3) is 0 Å². The van der Waals surface area contributed by atoms with Gasteiger partial charge in [-0.25, -0.2) is 0 Å². The van der Waals surface area contributed by atoms with Crippen LogP contribution in [0.3, 0.4) is 0 Å². The number of nitro groups is 1. The van der Waals surface area contributed by atoms with Crippen LogP contribution in [-0.4, -0.2) is 33.0 Å². The van der Waals surface area contributed by atoms with E-state index in [4.69, 9.17) is 26.6 Å². The molecule has 2 aromatic rings. The molecule has 0 spiro atoms. The van der Waals surface area contributed by atoms with E-state index in [9.17, 15) is 37.5 Å². The molecule has 0 amide bonds. The molecule has 14 heteroatoms. The highest BCUT2D eigenvalue weighted by Gasteiger charge is 2.62. The number of hydrogen-bond acceptors (Lipinski definition) is 7. The molecule has 2 aromatic carbocycles. The Morgan fingerprint density at radius 2 is 1.89 bits per heavy atom. The molecule has 35 heavy (non-hydrogen) atoms. The second kappa shape index (κ2) is 10.6.